The van der Waals surface area contributed by atoms with Gasteiger partial charge in [-0.2, -0.15) is 13.2 Å². The minimum Gasteiger partial charge on any atom is -0.465 e. The van der Waals surface area contributed by atoms with Gasteiger partial charge < -0.3 is 10.1 Å². The van der Waals surface area contributed by atoms with Crippen LogP contribution in [0.15, 0.2) is 47.4 Å². The molecular formula is C17H14F3NO5S. The summed E-state index contributed by atoms with van der Waals surface area (Å²) < 4.78 is 64.8. The first kappa shape index (κ1) is 20.4. The lowest BCUT2D eigenvalue weighted by atomic mass is 10.1. The second-order valence-electron chi connectivity index (χ2n) is 5.45. The molecule has 0 aliphatic rings. The van der Waals surface area contributed by atoms with Crippen molar-refractivity contribution >= 4 is 27.4 Å². The van der Waals surface area contributed by atoms with Crippen molar-refractivity contribution in [2.45, 2.75) is 17.3 Å². The fourth-order valence-electron chi connectivity index (χ4n) is 2.16. The Bertz CT molecular complexity index is 983. The Balaban J connectivity index is 2.21. The summed E-state index contributed by atoms with van der Waals surface area (Å²) in [5.74, 6) is -1.20. The standard InChI is InChI=1S/C17H14F3NO5S/c1-10-9-12(16(23)26-2)5-8-14(10)21-15(22)11-3-6-13(7-4-11)27(24,25)17(18,19)20/h3-9H,1-2H3,(H,21,22). The second kappa shape index (κ2) is 7.39. The topological polar surface area (TPSA) is 89.5 Å². The maximum atomic E-state index is 12.5. The predicted molar refractivity (Wildman–Crippen MR) is 90.2 cm³/mol. The first-order chi connectivity index (χ1) is 12.5. The average Bonchev–Trinajstić information content (AvgIpc) is 2.61. The van der Waals surface area contributed by atoms with Gasteiger partial charge in [-0.1, -0.05) is 0 Å². The Hall–Kier alpha value is -2.88. The molecule has 0 fully saturated rings. The largest absolute Gasteiger partial charge is 0.501 e. The summed E-state index contributed by atoms with van der Waals surface area (Å²) in [6, 6.07) is 7.80. The molecule has 1 amide bonds. The van der Waals surface area contributed by atoms with Crippen molar-refractivity contribution in [1.29, 1.82) is 0 Å². The number of anilines is 1. The quantitative estimate of drug-likeness (QED) is 0.794. The molecule has 0 saturated heterocycles. The molecule has 0 aliphatic heterocycles. The number of sulfone groups is 1. The van der Waals surface area contributed by atoms with Crippen LogP contribution in [0.25, 0.3) is 0 Å². The Morgan fingerprint density at radius 3 is 2.04 bits per heavy atom. The van der Waals surface area contributed by atoms with Crippen molar-refractivity contribution in [3.63, 3.8) is 0 Å². The second-order valence-corrected chi connectivity index (χ2v) is 7.39. The van der Waals surface area contributed by atoms with E-state index in [1.54, 1.807) is 6.92 Å². The van der Waals surface area contributed by atoms with Crippen LogP contribution in [0.3, 0.4) is 0 Å². The zero-order valence-corrected chi connectivity index (χ0v) is 14.9. The number of alkyl halides is 3. The number of halogens is 3. The van der Waals surface area contributed by atoms with Gasteiger partial charge in [0.15, 0.2) is 0 Å². The summed E-state index contributed by atoms with van der Waals surface area (Å²) in [5.41, 5.74) is -4.24. The van der Waals surface area contributed by atoms with E-state index in [0.717, 1.165) is 12.1 Å². The van der Waals surface area contributed by atoms with Gasteiger partial charge in [-0.15, -0.1) is 0 Å². The molecular weight excluding hydrogens is 387 g/mol. The van der Waals surface area contributed by atoms with Crippen molar-refractivity contribution in [2.75, 3.05) is 12.4 Å². The number of hydrogen-bond donors (Lipinski definition) is 1. The smallest absolute Gasteiger partial charge is 0.465 e. The summed E-state index contributed by atoms with van der Waals surface area (Å²) in [7, 11) is -4.24. The molecule has 27 heavy (non-hydrogen) atoms. The number of esters is 1. The predicted octanol–water partition coefficient (Wildman–Crippen LogP) is 3.33. The van der Waals surface area contributed by atoms with Crippen molar-refractivity contribution in [3.8, 4) is 0 Å². The van der Waals surface area contributed by atoms with Crippen molar-refractivity contribution in [2.24, 2.45) is 0 Å². The van der Waals surface area contributed by atoms with Gasteiger partial charge in [-0.05, 0) is 55.0 Å². The van der Waals surface area contributed by atoms with E-state index in [9.17, 15) is 31.2 Å². The van der Waals surface area contributed by atoms with Crippen LogP contribution in [-0.2, 0) is 14.6 Å². The monoisotopic (exact) mass is 401 g/mol. The molecule has 0 unspecified atom stereocenters. The molecule has 0 heterocycles. The molecule has 0 atom stereocenters. The Morgan fingerprint density at radius 2 is 1.56 bits per heavy atom. The molecule has 0 aromatic heterocycles. The summed E-state index contributed by atoms with van der Waals surface area (Å²) in [4.78, 5) is 22.7. The molecule has 0 bridgehead atoms. The van der Waals surface area contributed by atoms with Gasteiger partial charge >= 0.3 is 11.5 Å². The molecule has 0 saturated carbocycles. The zero-order valence-electron chi connectivity index (χ0n) is 14.1. The van der Waals surface area contributed by atoms with E-state index in [2.05, 4.69) is 10.1 Å². The van der Waals surface area contributed by atoms with Gasteiger partial charge in [0.05, 0.1) is 17.6 Å². The molecule has 10 heteroatoms. The number of rotatable bonds is 4. The summed E-state index contributed by atoms with van der Waals surface area (Å²) >= 11 is 0. The first-order valence-corrected chi connectivity index (χ1v) is 8.87. The zero-order chi connectivity index (χ0) is 20.4. The minimum atomic E-state index is -5.48. The lowest BCUT2D eigenvalue weighted by Gasteiger charge is -2.11. The number of methoxy groups -OCH3 is 1. The van der Waals surface area contributed by atoms with Crippen molar-refractivity contribution in [3.05, 3.63) is 59.2 Å². The maximum Gasteiger partial charge on any atom is 0.501 e. The van der Waals surface area contributed by atoms with Crippen LogP contribution < -0.4 is 5.32 Å². The van der Waals surface area contributed by atoms with E-state index in [-0.39, 0.29) is 11.1 Å². The fourth-order valence-corrected chi connectivity index (χ4v) is 2.92. The van der Waals surface area contributed by atoms with Gasteiger partial charge in [0.25, 0.3) is 15.7 Å². The van der Waals surface area contributed by atoms with E-state index >= 15 is 0 Å². The highest BCUT2D eigenvalue weighted by Gasteiger charge is 2.46. The first-order valence-electron chi connectivity index (χ1n) is 7.39. The number of amides is 1. The Kier molecular flexibility index (Phi) is 5.59. The number of ether oxygens (including phenoxy) is 1. The van der Waals surface area contributed by atoms with Crippen LogP contribution in [0.1, 0.15) is 26.3 Å². The van der Waals surface area contributed by atoms with Gasteiger partial charge in [-0.3, -0.25) is 4.79 Å². The molecule has 144 valence electrons. The number of hydrogen-bond acceptors (Lipinski definition) is 5. The van der Waals surface area contributed by atoms with Gasteiger partial charge in [0.2, 0.25) is 0 Å². The van der Waals surface area contributed by atoms with Gasteiger partial charge in [0.1, 0.15) is 0 Å². The molecule has 0 spiro atoms. The normalized spacial score (nSPS) is 11.7. The Labute approximate surface area is 152 Å². The highest BCUT2D eigenvalue weighted by Crippen LogP contribution is 2.30. The molecule has 1 N–H and O–H groups in total. The van der Waals surface area contributed by atoms with Crippen molar-refractivity contribution in [1.82, 2.24) is 0 Å². The number of carbonyl (C=O) groups is 2. The average molecular weight is 401 g/mol. The van der Waals surface area contributed by atoms with Crippen LogP contribution in [-0.4, -0.2) is 32.9 Å². The third-order valence-corrected chi connectivity index (χ3v) is 5.13. The summed E-state index contributed by atoms with van der Waals surface area (Å²) in [6.07, 6.45) is 0. The van der Waals surface area contributed by atoms with E-state index in [0.29, 0.717) is 23.4 Å². The number of nitrogens with one attached hydrogen (secondary N) is 1. The van der Waals surface area contributed by atoms with Gasteiger partial charge in [-0.25, -0.2) is 13.2 Å². The molecule has 0 aliphatic carbocycles. The number of aryl methyl sites for hydroxylation is 1. The summed E-state index contributed by atoms with van der Waals surface area (Å²) in [5, 5.41) is 2.54. The van der Waals surface area contributed by atoms with Crippen LogP contribution in [0.5, 0.6) is 0 Å². The van der Waals surface area contributed by atoms with Crippen LogP contribution in [0.4, 0.5) is 18.9 Å². The van der Waals surface area contributed by atoms with E-state index in [1.165, 1.54) is 25.3 Å². The molecule has 2 aromatic rings. The van der Waals surface area contributed by atoms with Gasteiger partial charge in [0, 0.05) is 11.3 Å². The lowest BCUT2D eigenvalue weighted by molar-refractivity contribution is -0.0436. The van der Waals surface area contributed by atoms with Crippen molar-refractivity contribution < 1.29 is 35.9 Å². The fraction of sp³-hybridized carbons (Fsp3) is 0.176. The van der Waals surface area contributed by atoms with Crippen LogP contribution in [0.2, 0.25) is 0 Å². The maximum absolute atomic E-state index is 12.5. The SMILES string of the molecule is COC(=O)c1ccc(NC(=O)c2ccc(S(=O)(=O)C(F)(F)F)cc2)c(C)c1. The molecule has 2 rings (SSSR count). The Morgan fingerprint density at radius 1 is 1.00 bits per heavy atom. The summed E-state index contributed by atoms with van der Waals surface area (Å²) in [6.45, 7) is 1.64. The van der Waals surface area contributed by atoms with Crippen LogP contribution >= 0.6 is 0 Å². The highest BCUT2D eigenvalue weighted by atomic mass is 32.2. The minimum absolute atomic E-state index is 0.0347. The van der Waals surface area contributed by atoms with Crippen LogP contribution in [0, 0.1) is 6.92 Å². The third kappa shape index (κ3) is 4.27. The molecule has 0 radical (unpaired) electrons. The van der Waals surface area contributed by atoms with E-state index in [1.807, 2.05) is 0 Å². The lowest BCUT2D eigenvalue weighted by Crippen LogP contribution is -2.23. The number of carbonyl (C=O) groups excluding carboxylic acids is 2. The number of benzene rings is 2. The molecule has 2 aromatic carbocycles. The third-order valence-electron chi connectivity index (χ3n) is 3.63. The molecule has 6 nitrogen and oxygen atoms in total. The van der Waals surface area contributed by atoms with E-state index < -0.39 is 32.1 Å². The van der Waals surface area contributed by atoms with E-state index in [4.69, 9.17) is 0 Å². The highest BCUT2D eigenvalue weighted by molar-refractivity contribution is 7.92.